The predicted octanol–water partition coefficient (Wildman–Crippen LogP) is 3.81. The minimum Gasteiger partial charge on any atom is -0.355 e. The summed E-state index contributed by atoms with van der Waals surface area (Å²) in [5.74, 6) is 2.16. The largest absolute Gasteiger partial charge is 0.355 e. The third-order valence-corrected chi connectivity index (χ3v) is 4.49. The number of benzene rings is 1. The van der Waals surface area contributed by atoms with E-state index in [0.29, 0.717) is 5.95 Å². The molecule has 2 heterocycles. The molecule has 0 bridgehead atoms. The van der Waals surface area contributed by atoms with E-state index in [4.69, 9.17) is 11.6 Å². The molecule has 0 aliphatic carbocycles. The first-order valence-electron chi connectivity index (χ1n) is 7.59. The minimum absolute atomic E-state index is 0.496. The fourth-order valence-electron chi connectivity index (χ4n) is 2.54. The Balaban J connectivity index is 1.74. The number of rotatable bonds is 3. The van der Waals surface area contributed by atoms with Gasteiger partial charge in [0.05, 0.1) is 6.20 Å². The molecule has 1 fully saturated rings. The summed E-state index contributed by atoms with van der Waals surface area (Å²) in [6.07, 6.45) is 4.12. The van der Waals surface area contributed by atoms with Gasteiger partial charge >= 0.3 is 0 Å². The van der Waals surface area contributed by atoms with E-state index in [1.54, 1.807) is 6.20 Å². The van der Waals surface area contributed by atoms with E-state index in [0.717, 1.165) is 41.1 Å². The van der Waals surface area contributed by atoms with Crippen LogP contribution in [0, 0.1) is 12.8 Å². The molecule has 0 amide bonds. The highest BCUT2D eigenvalue weighted by Gasteiger charge is 2.17. The number of aryl methyl sites for hydroxylation is 1. The number of hydrogen-bond acceptors (Lipinski definition) is 5. The highest BCUT2D eigenvalue weighted by Crippen LogP contribution is 2.24. The van der Waals surface area contributed by atoms with Gasteiger partial charge in [0.2, 0.25) is 5.95 Å². The average molecular weight is 318 g/mol. The third-order valence-electron chi connectivity index (χ3n) is 4.08. The first kappa shape index (κ1) is 15.0. The number of nitrogens with one attached hydrogen (secondary N) is 1. The molecule has 3 rings (SSSR count). The van der Waals surface area contributed by atoms with Crippen LogP contribution in [-0.2, 0) is 0 Å². The van der Waals surface area contributed by atoms with Crippen molar-refractivity contribution >= 4 is 29.1 Å². The van der Waals surface area contributed by atoms with Crippen LogP contribution in [-0.4, -0.2) is 28.3 Å². The van der Waals surface area contributed by atoms with Crippen molar-refractivity contribution in [3.63, 3.8) is 0 Å². The fourth-order valence-corrected chi connectivity index (χ4v) is 2.72. The van der Waals surface area contributed by atoms with Gasteiger partial charge in [0, 0.05) is 23.8 Å². The topological polar surface area (TPSA) is 53.9 Å². The Labute approximate surface area is 135 Å². The lowest BCUT2D eigenvalue weighted by atomic mass is 9.99. The van der Waals surface area contributed by atoms with Gasteiger partial charge in [-0.15, -0.1) is 5.10 Å². The molecule has 1 aromatic carbocycles. The van der Waals surface area contributed by atoms with Crippen LogP contribution in [0.4, 0.5) is 17.5 Å². The molecule has 1 saturated heterocycles. The molecule has 0 spiro atoms. The first-order valence-corrected chi connectivity index (χ1v) is 7.97. The van der Waals surface area contributed by atoms with E-state index in [1.807, 2.05) is 25.1 Å². The van der Waals surface area contributed by atoms with Gasteiger partial charge in [-0.05, 0) is 43.4 Å². The summed E-state index contributed by atoms with van der Waals surface area (Å²) in [5.41, 5.74) is 1.91. The Morgan fingerprint density at radius 2 is 2.05 bits per heavy atom. The summed E-state index contributed by atoms with van der Waals surface area (Å²) in [7, 11) is 0. The number of piperidine rings is 1. The molecule has 116 valence electrons. The fraction of sp³-hybridized carbons (Fsp3) is 0.438. The van der Waals surface area contributed by atoms with Crippen molar-refractivity contribution in [3.8, 4) is 0 Å². The maximum Gasteiger partial charge on any atom is 0.249 e. The molecule has 1 N–H and O–H groups in total. The van der Waals surface area contributed by atoms with Crippen LogP contribution in [0.15, 0.2) is 24.4 Å². The van der Waals surface area contributed by atoms with Crippen molar-refractivity contribution in [2.24, 2.45) is 5.92 Å². The number of aromatic nitrogens is 3. The van der Waals surface area contributed by atoms with E-state index < -0.39 is 0 Å². The average Bonchev–Trinajstić information content (AvgIpc) is 2.52. The van der Waals surface area contributed by atoms with E-state index in [1.165, 1.54) is 12.8 Å². The van der Waals surface area contributed by atoms with Crippen molar-refractivity contribution in [2.45, 2.75) is 26.7 Å². The van der Waals surface area contributed by atoms with Gasteiger partial charge in [-0.1, -0.05) is 24.6 Å². The van der Waals surface area contributed by atoms with Crippen LogP contribution < -0.4 is 10.2 Å². The summed E-state index contributed by atoms with van der Waals surface area (Å²) in [6, 6.07) is 5.79. The molecule has 0 atom stereocenters. The lowest BCUT2D eigenvalue weighted by Gasteiger charge is -2.30. The van der Waals surface area contributed by atoms with E-state index in [9.17, 15) is 0 Å². The quantitative estimate of drug-likeness (QED) is 0.932. The number of hydrogen-bond donors (Lipinski definition) is 1. The summed E-state index contributed by atoms with van der Waals surface area (Å²) in [4.78, 5) is 6.83. The maximum atomic E-state index is 6.14. The van der Waals surface area contributed by atoms with Crippen molar-refractivity contribution in [1.82, 2.24) is 15.2 Å². The maximum absolute atomic E-state index is 6.14. The first-order chi connectivity index (χ1) is 10.6. The van der Waals surface area contributed by atoms with Gasteiger partial charge in [-0.25, -0.2) is 0 Å². The molecule has 2 aromatic rings. The van der Waals surface area contributed by atoms with Crippen LogP contribution in [0.3, 0.4) is 0 Å². The molecule has 5 nitrogen and oxygen atoms in total. The second-order valence-electron chi connectivity index (χ2n) is 5.90. The van der Waals surface area contributed by atoms with E-state index >= 15 is 0 Å². The van der Waals surface area contributed by atoms with Crippen molar-refractivity contribution in [2.75, 3.05) is 23.3 Å². The molecule has 0 radical (unpaired) electrons. The van der Waals surface area contributed by atoms with Gasteiger partial charge in [-0.2, -0.15) is 10.1 Å². The molecule has 1 aromatic heterocycles. The van der Waals surface area contributed by atoms with Gasteiger partial charge < -0.3 is 10.2 Å². The van der Waals surface area contributed by atoms with Crippen molar-refractivity contribution in [3.05, 3.63) is 35.0 Å². The second kappa shape index (κ2) is 6.48. The van der Waals surface area contributed by atoms with Gasteiger partial charge in [0.1, 0.15) is 0 Å². The van der Waals surface area contributed by atoms with Crippen molar-refractivity contribution in [1.29, 1.82) is 0 Å². The molecular weight excluding hydrogens is 298 g/mol. The highest BCUT2D eigenvalue weighted by atomic mass is 35.5. The standard InChI is InChI=1S/C16H20ClN5/c1-11-5-7-22(8-6-11)15-10-18-21-16(20-15)19-13-4-3-12(2)14(17)9-13/h3-4,9-11H,5-8H2,1-2H3,(H,19,20,21). The number of nitrogens with zero attached hydrogens (tertiary/aromatic N) is 4. The smallest absolute Gasteiger partial charge is 0.249 e. The Bertz CT molecular complexity index is 653. The zero-order valence-corrected chi connectivity index (χ0v) is 13.6. The SMILES string of the molecule is Cc1ccc(Nc2nncc(N3CCC(C)CC3)n2)cc1Cl. The number of halogens is 1. The highest BCUT2D eigenvalue weighted by molar-refractivity contribution is 6.31. The van der Waals surface area contributed by atoms with Crippen LogP contribution in [0.5, 0.6) is 0 Å². The normalized spacial score (nSPS) is 15.9. The third kappa shape index (κ3) is 3.47. The van der Waals surface area contributed by atoms with Gasteiger partial charge in [0.15, 0.2) is 5.82 Å². The van der Waals surface area contributed by atoms with Crippen molar-refractivity contribution < 1.29 is 0 Å². The second-order valence-corrected chi connectivity index (χ2v) is 6.30. The zero-order valence-electron chi connectivity index (χ0n) is 12.9. The summed E-state index contributed by atoms with van der Waals surface area (Å²) < 4.78 is 0. The van der Waals surface area contributed by atoms with Crippen LogP contribution >= 0.6 is 11.6 Å². The van der Waals surface area contributed by atoms with E-state index in [-0.39, 0.29) is 0 Å². The van der Waals surface area contributed by atoms with Gasteiger partial charge in [0.25, 0.3) is 0 Å². The minimum atomic E-state index is 0.496. The monoisotopic (exact) mass is 317 g/mol. The van der Waals surface area contributed by atoms with Crippen LogP contribution in [0.25, 0.3) is 0 Å². The Morgan fingerprint density at radius 3 is 2.77 bits per heavy atom. The van der Waals surface area contributed by atoms with Crippen LogP contribution in [0.1, 0.15) is 25.3 Å². The van der Waals surface area contributed by atoms with Gasteiger partial charge in [-0.3, -0.25) is 0 Å². The summed E-state index contributed by atoms with van der Waals surface area (Å²) in [6.45, 7) is 6.32. The number of anilines is 3. The van der Waals surface area contributed by atoms with Crippen LogP contribution in [0.2, 0.25) is 5.02 Å². The molecule has 1 aliphatic rings. The molecule has 6 heteroatoms. The molecule has 1 aliphatic heterocycles. The predicted molar refractivity (Wildman–Crippen MR) is 89.9 cm³/mol. The van der Waals surface area contributed by atoms with E-state index in [2.05, 4.69) is 32.3 Å². The molecule has 22 heavy (non-hydrogen) atoms. The lowest BCUT2D eigenvalue weighted by molar-refractivity contribution is 0.436. The Hall–Kier alpha value is -1.88. The lowest BCUT2D eigenvalue weighted by Crippen LogP contribution is -2.33. The Morgan fingerprint density at radius 1 is 1.27 bits per heavy atom. The summed E-state index contributed by atoms with van der Waals surface area (Å²) >= 11 is 6.14. The zero-order chi connectivity index (χ0) is 15.5. The summed E-state index contributed by atoms with van der Waals surface area (Å²) in [5, 5.41) is 12.0. The molecular formula is C16H20ClN5. The molecule has 0 saturated carbocycles. The Kier molecular flexibility index (Phi) is 4.43. The molecule has 0 unspecified atom stereocenters.